The summed E-state index contributed by atoms with van der Waals surface area (Å²) in [6.45, 7) is 0.156. The number of rotatable bonds is 2. The number of nitrogens with one attached hydrogen (secondary N) is 1. The smallest absolute Gasteiger partial charge is 0.246 e. The first-order chi connectivity index (χ1) is 9.28. The number of ether oxygens (including phenoxy) is 1. The quantitative estimate of drug-likeness (QED) is 0.913. The van der Waals surface area contributed by atoms with Crippen LogP contribution in [0.4, 0.5) is 5.69 Å². The van der Waals surface area contributed by atoms with E-state index in [0.29, 0.717) is 0 Å². The van der Waals surface area contributed by atoms with Crippen molar-refractivity contribution in [1.29, 1.82) is 0 Å². The van der Waals surface area contributed by atoms with Gasteiger partial charge in [0, 0.05) is 5.56 Å². The van der Waals surface area contributed by atoms with Crippen LogP contribution in [0.1, 0.15) is 10.4 Å². The number of hydrogen-bond acceptors (Lipinski definition) is 4. The number of anilines is 1. The van der Waals surface area contributed by atoms with E-state index in [1.165, 1.54) is 0 Å². The third-order valence-corrected chi connectivity index (χ3v) is 3.82. The van der Waals surface area contributed by atoms with Crippen molar-refractivity contribution in [2.45, 2.75) is 0 Å². The van der Waals surface area contributed by atoms with Crippen molar-refractivity contribution in [1.82, 2.24) is 0 Å². The first-order valence-corrected chi connectivity index (χ1v) is 6.72. The van der Waals surface area contributed by atoms with Crippen molar-refractivity contribution < 1.29 is 9.53 Å². The number of thiophene rings is 1. The van der Waals surface area contributed by atoms with Crippen LogP contribution in [0.15, 0.2) is 40.7 Å². The summed E-state index contributed by atoms with van der Waals surface area (Å²) < 4.78 is 5.15. The minimum Gasteiger partial charge on any atom is -0.497 e. The van der Waals surface area contributed by atoms with E-state index < -0.39 is 0 Å². The van der Waals surface area contributed by atoms with Crippen molar-refractivity contribution in [2.24, 2.45) is 4.99 Å². The summed E-state index contributed by atoms with van der Waals surface area (Å²) in [6, 6.07) is 9.60. The second kappa shape index (κ2) is 4.85. The maximum absolute atomic E-state index is 11.6. The first kappa shape index (κ1) is 11.9. The third-order valence-electron chi connectivity index (χ3n) is 2.90. The van der Waals surface area contributed by atoms with Gasteiger partial charge in [-0.3, -0.25) is 9.79 Å². The Labute approximate surface area is 114 Å². The highest BCUT2D eigenvalue weighted by atomic mass is 32.1. The summed E-state index contributed by atoms with van der Waals surface area (Å²) in [5.74, 6) is 0.724. The van der Waals surface area contributed by atoms with E-state index >= 15 is 0 Å². The van der Waals surface area contributed by atoms with E-state index in [-0.39, 0.29) is 12.5 Å². The van der Waals surface area contributed by atoms with Crippen LogP contribution in [0.3, 0.4) is 0 Å². The average Bonchev–Trinajstić information content (AvgIpc) is 2.82. The Morgan fingerprint density at radius 3 is 2.79 bits per heavy atom. The molecule has 19 heavy (non-hydrogen) atoms. The van der Waals surface area contributed by atoms with E-state index in [9.17, 15) is 4.79 Å². The van der Waals surface area contributed by atoms with Gasteiger partial charge >= 0.3 is 0 Å². The fourth-order valence-corrected chi connectivity index (χ4v) is 2.86. The van der Waals surface area contributed by atoms with E-state index in [1.54, 1.807) is 18.4 Å². The van der Waals surface area contributed by atoms with Gasteiger partial charge in [-0.05, 0) is 35.7 Å². The van der Waals surface area contributed by atoms with Gasteiger partial charge in [-0.25, -0.2) is 0 Å². The number of amides is 1. The van der Waals surface area contributed by atoms with Gasteiger partial charge in [0.05, 0.1) is 23.4 Å². The molecule has 2 heterocycles. The van der Waals surface area contributed by atoms with E-state index in [1.807, 2.05) is 35.7 Å². The van der Waals surface area contributed by atoms with Crippen molar-refractivity contribution in [3.05, 3.63) is 46.2 Å². The van der Waals surface area contributed by atoms with Crippen molar-refractivity contribution in [3.8, 4) is 5.75 Å². The zero-order valence-corrected chi connectivity index (χ0v) is 11.2. The Morgan fingerprint density at radius 2 is 2.05 bits per heavy atom. The van der Waals surface area contributed by atoms with Crippen molar-refractivity contribution in [2.75, 3.05) is 19.0 Å². The highest BCUT2D eigenvalue weighted by molar-refractivity contribution is 7.13. The van der Waals surface area contributed by atoms with Crippen LogP contribution < -0.4 is 10.1 Å². The number of carbonyl (C=O) groups is 1. The highest BCUT2D eigenvalue weighted by Crippen LogP contribution is 2.28. The predicted molar refractivity (Wildman–Crippen MR) is 76.4 cm³/mol. The summed E-state index contributed by atoms with van der Waals surface area (Å²) >= 11 is 1.58. The van der Waals surface area contributed by atoms with Crippen LogP contribution in [-0.2, 0) is 4.79 Å². The van der Waals surface area contributed by atoms with E-state index in [0.717, 1.165) is 27.6 Å². The van der Waals surface area contributed by atoms with Gasteiger partial charge in [-0.15, -0.1) is 11.3 Å². The molecule has 1 N–H and O–H groups in total. The first-order valence-electron chi connectivity index (χ1n) is 5.84. The number of methoxy groups -OCH3 is 1. The lowest BCUT2D eigenvalue weighted by Crippen LogP contribution is -2.12. The number of hydrogen-bond donors (Lipinski definition) is 1. The SMILES string of the molecule is COc1ccc(C2=NCC(=O)Nc3ccsc32)cc1. The summed E-state index contributed by atoms with van der Waals surface area (Å²) in [4.78, 5) is 17.0. The molecule has 0 aliphatic carbocycles. The average molecular weight is 272 g/mol. The Morgan fingerprint density at radius 1 is 1.26 bits per heavy atom. The van der Waals surface area contributed by atoms with E-state index in [4.69, 9.17) is 4.74 Å². The molecule has 96 valence electrons. The lowest BCUT2D eigenvalue weighted by molar-refractivity contribution is -0.114. The predicted octanol–water partition coefficient (Wildman–Crippen LogP) is 2.55. The number of carbonyl (C=O) groups excluding carboxylic acids is 1. The van der Waals surface area contributed by atoms with Gasteiger partial charge in [0.2, 0.25) is 5.91 Å². The molecule has 0 fully saturated rings. The van der Waals surface area contributed by atoms with E-state index in [2.05, 4.69) is 10.3 Å². The molecule has 1 aliphatic heterocycles. The van der Waals surface area contributed by atoms with Crippen LogP contribution >= 0.6 is 11.3 Å². The van der Waals surface area contributed by atoms with Gasteiger partial charge in [-0.2, -0.15) is 0 Å². The molecule has 0 unspecified atom stereocenters. The van der Waals surface area contributed by atoms with Crippen LogP contribution in [0, 0.1) is 0 Å². The number of fused-ring (bicyclic) bond motifs is 1. The molecule has 1 aromatic heterocycles. The van der Waals surface area contributed by atoms with Gasteiger partial charge in [0.15, 0.2) is 0 Å². The molecule has 5 heteroatoms. The molecule has 4 nitrogen and oxygen atoms in total. The molecule has 1 aromatic carbocycles. The van der Waals surface area contributed by atoms with Crippen LogP contribution in [-0.4, -0.2) is 25.3 Å². The molecule has 2 aromatic rings. The fraction of sp³-hybridized carbons (Fsp3) is 0.143. The zero-order valence-electron chi connectivity index (χ0n) is 10.3. The Kier molecular flexibility index (Phi) is 3.05. The third kappa shape index (κ3) is 2.24. The van der Waals surface area contributed by atoms with Gasteiger partial charge in [0.25, 0.3) is 0 Å². The standard InChI is InChI=1S/C14H12N2O2S/c1-18-10-4-2-9(3-5-10)13-14-11(6-7-19-14)16-12(17)8-15-13/h2-7H,8H2,1H3,(H,16,17). The molecule has 0 spiro atoms. The Bertz CT molecular complexity index is 644. The van der Waals surface area contributed by atoms with Crippen LogP contribution in [0.2, 0.25) is 0 Å². The molecule has 1 aliphatic rings. The molecule has 0 radical (unpaired) electrons. The summed E-state index contributed by atoms with van der Waals surface area (Å²) in [6.07, 6.45) is 0. The number of aliphatic imine (C=N–C) groups is 1. The Balaban J connectivity index is 2.06. The molecular formula is C14H12N2O2S. The van der Waals surface area contributed by atoms with Gasteiger partial charge in [-0.1, -0.05) is 0 Å². The molecule has 0 bridgehead atoms. The van der Waals surface area contributed by atoms with Gasteiger partial charge < -0.3 is 10.1 Å². The van der Waals surface area contributed by atoms with Crippen molar-refractivity contribution >= 4 is 28.6 Å². The number of nitrogens with zero attached hydrogens (tertiary/aromatic N) is 1. The summed E-state index contributed by atoms with van der Waals surface area (Å²) in [5, 5.41) is 4.81. The summed E-state index contributed by atoms with van der Waals surface area (Å²) in [5.41, 5.74) is 2.68. The molecule has 0 saturated carbocycles. The topological polar surface area (TPSA) is 50.7 Å². The highest BCUT2D eigenvalue weighted by Gasteiger charge is 2.18. The van der Waals surface area contributed by atoms with Crippen LogP contribution in [0.25, 0.3) is 0 Å². The minimum atomic E-state index is -0.0804. The fourth-order valence-electron chi connectivity index (χ4n) is 1.97. The largest absolute Gasteiger partial charge is 0.497 e. The molecular weight excluding hydrogens is 260 g/mol. The molecule has 1 amide bonds. The molecule has 0 atom stereocenters. The Hall–Kier alpha value is -2.14. The maximum Gasteiger partial charge on any atom is 0.246 e. The minimum absolute atomic E-state index is 0.0804. The normalized spacial score (nSPS) is 14.2. The molecule has 0 saturated heterocycles. The monoisotopic (exact) mass is 272 g/mol. The van der Waals surface area contributed by atoms with Crippen molar-refractivity contribution in [3.63, 3.8) is 0 Å². The van der Waals surface area contributed by atoms with Gasteiger partial charge in [0.1, 0.15) is 12.3 Å². The van der Waals surface area contributed by atoms with Crippen LogP contribution in [0.5, 0.6) is 5.75 Å². The second-order valence-electron chi connectivity index (χ2n) is 4.10. The lowest BCUT2D eigenvalue weighted by atomic mass is 10.1. The summed E-state index contributed by atoms with van der Waals surface area (Å²) in [7, 11) is 1.64. The zero-order chi connectivity index (χ0) is 13.2. The lowest BCUT2D eigenvalue weighted by Gasteiger charge is -2.06. The number of benzene rings is 1. The molecule has 3 rings (SSSR count). The second-order valence-corrected chi connectivity index (χ2v) is 5.02. The maximum atomic E-state index is 11.6.